The van der Waals surface area contributed by atoms with Crippen LogP contribution in [0, 0.1) is 6.92 Å². The Morgan fingerprint density at radius 3 is 2.70 bits per heavy atom. The standard InChI is InChI=1S/C14H18ClN5O2S/c1-4-22-13(21)12(9(3)17-20-14(16)23)19-18-11-8(2)6-5-7-10(11)15/h5-7,18H,4H2,1-3H3,(H3,16,20,23). The molecule has 0 fully saturated rings. The summed E-state index contributed by atoms with van der Waals surface area (Å²) in [4.78, 5) is 12.0. The van der Waals surface area contributed by atoms with Crippen LogP contribution < -0.4 is 16.6 Å². The van der Waals surface area contributed by atoms with Gasteiger partial charge in [-0.1, -0.05) is 23.7 Å². The number of rotatable bonds is 6. The molecule has 1 rings (SSSR count). The molecular weight excluding hydrogens is 338 g/mol. The van der Waals surface area contributed by atoms with Crippen molar-refractivity contribution in [1.82, 2.24) is 5.43 Å². The average molecular weight is 356 g/mol. The number of halogens is 1. The number of carbonyl (C=O) groups excluding carboxylic acids is 1. The Bertz CT molecular complexity index is 640. The quantitative estimate of drug-likeness (QED) is 0.313. The van der Waals surface area contributed by atoms with Gasteiger partial charge in [0, 0.05) is 0 Å². The van der Waals surface area contributed by atoms with Gasteiger partial charge in [-0.2, -0.15) is 10.2 Å². The van der Waals surface area contributed by atoms with E-state index < -0.39 is 5.97 Å². The lowest BCUT2D eigenvalue weighted by Crippen LogP contribution is -2.30. The van der Waals surface area contributed by atoms with Crippen molar-refractivity contribution in [2.45, 2.75) is 20.8 Å². The number of benzene rings is 1. The van der Waals surface area contributed by atoms with Gasteiger partial charge in [-0.15, -0.1) is 0 Å². The van der Waals surface area contributed by atoms with Crippen molar-refractivity contribution in [2.75, 3.05) is 12.0 Å². The number of esters is 1. The van der Waals surface area contributed by atoms with Gasteiger partial charge in [0.2, 0.25) is 0 Å². The lowest BCUT2D eigenvalue weighted by molar-refractivity contribution is -0.134. The first-order valence-electron chi connectivity index (χ1n) is 6.72. The van der Waals surface area contributed by atoms with Crippen LogP contribution in [0.5, 0.6) is 0 Å². The molecule has 0 saturated carbocycles. The summed E-state index contributed by atoms with van der Waals surface area (Å²) in [5.41, 5.74) is 12.2. The predicted octanol–water partition coefficient (Wildman–Crippen LogP) is 2.19. The number of para-hydroxylation sites is 1. The highest BCUT2D eigenvalue weighted by Gasteiger charge is 2.17. The normalized spacial score (nSPS) is 11.8. The highest BCUT2D eigenvalue weighted by atomic mass is 35.5. The second-order valence-electron chi connectivity index (χ2n) is 4.40. The van der Waals surface area contributed by atoms with E-state index in [1.807, 2.05) is 19.1 Å². The molecule has 0 heterocycles. The number of nitrogens with one attached hydrogen (secondary N) is 2. The molecule has 9 heteroatoms. The zero-order valence-electron chi connectivity index (χ0n) is 13.0. The van der Waals surface area contributed by atoms with E-state index >= 15 is 0 Å². The predicted molar refractivity (Wildman–Crippen MR) is 96.9 cm³/mol. The molecule has 0 atom stereocenters. The fourth-order valence-corrected chi connectivity index (χ4v) is 1.86. The minimum absolute atomic E-state index is 0.0186. The molecule has 0 radical (unpaired) electrons. The summed E-state index contributed by atoms with van der Waals surface area (Å²) in [7, 11) is 0. The molecule has 4 N–H and O–H groups in total. The third kappa shape index (κ3) is 5.84. The first-order chi connectivity index (χ1) is 10.9. The number of carbonyl (C=O) groups is 1. The zero-order chi connectivity index (χ0) is 17.4. The lowest BCUT2D eigenvalue weighted by Gasteiger charge is -2.10. The van der Waals surface area contributed by atoms with Crippen LogP contribution in [0.25, 0.3) is 0 Å². The third-order valence-electron chi connectivity index (χ3n) is 2.65. The monoisotopic (exact) mass is 355 g/mol. The maximum atomic E-state index is 12.0. The van der Waals surface area contributed by atoms with Crippen LogP contribution in [0.1, 0.15) is 19.4 Å². The van der Waals surface area contributed by atoms with Crippen LogP contribution in [0.2, 0.25) is 5.02 Å². The smallest absolute Gasteiger partial charge is 0.360 e. The summed E-state index contributed by atoms with van der Waals surface area (Å²) < 4.78 is 4.97. The summed E-state index contributed by atoms with van der Waals surface area (Å²) in [6, 6.07) is 5.40. The molecule has 23 heavy (non-hydrogen) atoms. The Hall–Kier alpha value is -2.19. The summed E-state index contributed by atoms with van der Waals surface area (Å²) >= 11 is 10.8. The molecule has 0 aromatic heterocycles. The van der Waals surface area contributed by atoms with Crippen LogP contribution in [-0.4, -0.2) is 29.1 Å². The Morgan fingerprint density at radius 2 is 2.13 bits per heavy atom. The first-order valence-corrected chi connectivity index (χ1v) is 7.51. The number of nitrogens with zero attached hydrogens (tertiary/aromatic N) is 2. The molecule has 0 aliphatic rings. The molecular formula is C14H18ClN5O2S. The van der Waals surface area contributed by atoms with Crippen molar-refractivity contribution < 1.29 is 9.53 Å². The van der Waals surface area contributed by atoms with Crippen LogP contribution in [0.4, 0.5) is 5.69 Å². The minimum Gasteiger partial charge on any atom is -0.461 e. The summed E-state index contributed by atoms with van der Waals surface area (Å²) in [5.74, 6) is -0.629. The van der Waals surface area contributed by atoms with Crippen molar-refractivity contribution >= 4 is 52.0 Å². The molecule has 7 nitrogen and oxygen atoms in total. The van der Waals surface area contributed by atoms with Gasteiger partial charge in [0.15, 0.2) is 10.8 Å². The van der Waals surface area contributed by atoms with E-state index in [-0.39, 0.29) is 23.1 Å². The summed E-state index contributed by atoms with van der Waals surface area (Å²) in [5, 5.41) is 8.40. The van der Waals surface area contributed by atoms with Gasteiger partial charge in [0.05, 0.1) is 23.0 Å². The fourth-order valence-electron chi connectivity index (χ4n) is 1.55. The SMILES string of the molecule is CCOC(=O)C(=NNc1c(C)cccc1Cl)C(C)=NNC(N)=S. The van der Waals surface area contributed by atoms with Crippen molar-refractivity contribution in [3.8, 4) is 0 Å². The Morgan fingerprint density at radius 1 is 1.43 bits per heavy atom. The van der Waals surface area contributed by atoms with Crippen LogP contribution in [0.15, 0.2) is 28.4 Å². The number of ether oxygens (including phenoxy) is 1. The third-order valence-corrected chi connectivity index (χ3v) is 3.05. The molecule has 0 aliphatic heterocycles. The van der Waals surface area contributed by atoms with Gasteiger partial charge in [-0.25, -0.2) is 4.79 Å². The van der Waals surface area contributed by atoms with E-state index in [9.17, 15) is 4.79 Å². The largest absolute Gasteiger partial charge is 0.461 e. The van der Waals surface area contributed by atoms with E-state index in [4.69, 9.17) is 22.1 Å². The van der Waals surface area contributed by atoms with E-state index in [1.54, 1.807) is 19.9 Å². The van der Waals surface area contributed by atoms with Gasteiger partial charge >= 0.3 is 5.97 Å². The molecule has 124 valence electrons. The lowest BCUT2D eigenvalue weighted by atomic mass is 10.2. The molecule has 0 aliphatic carbocycles. The topological polar surface area (TPSA) is 101 Å². The maximum Gasteiger partial charge on any atom is 0.360 e. The summed E-state index contributed by atoms with van der Waals surface area (Å²) in [6.45, 7) is 5.34. The zero-order valence-corrected chi connectivity index (χ0v) is 14.6. The average Bonchev–Trinajstić information content (AvgIpc) is 2.48. The van der Waals surface area contributed by atoms with E-state index in [1.165, 1.54) is 0 Å². The van der Waals surface area contributed by atoms with E-state index in [2.05, 4.69) is 33.3 Å². The van der Waals surface area contributed by atoms with Crippen molar-refractivity contribution in [3.05, 3.63) is 28.8 Å². The van der Waals surface area contributed by atoms with Gasteiger partial charge in [-0.3, -0.25) is 10.9 Å². The fraction of sp³-hybridized carbons (Fsp3) is 0.286. The Balaban J connectivity index is 3.11. The van der Waals surface area contributed by atoms with Crippen molar-refractivity contribution in [3.63, 3.8) is 0 Å². The molecule has 0 unspecified atom stereocenters. The Kier molecular flexibility index (Phi) is 7.43. The second kappa shape index (κ2) is 9.06. The van der Waals surface area contributed by atoms with Crippen molar-refractivity contribution in [1.29, 1.82) is 0 Å². The second-order valence-corrected chi connectivity index (χ2v) is 5.24. The number of thiocarbonyl (C=S) groups is 1. The Labute approximate surface area is 144 Å². The maximum absolute atomic E-state index is 12.0. The van der Waals surface area contributed by atoms with Crippen LogP contribution in [-0.2, 0) is 9.53 Å². The molecule has 0 bridgehead atoms. The van der Waals surface area contributed by atoms with Crippen LogP contribution >= 0.6 is 23.8 Å². The van der Waals surface area contributed by atoms with Gasteiger partial charge < -0.3 is 10.5 Å². The van der Waals surface area contributed by atoms with Gasteiger partial charge in [-0.05, 0) is 44.6 Å². The number of anilines is 1. The number of nitrogens with two attached hydrogens (primary N) is 1. The highest BCUT2D eigenvalue weighted by molar-refractivity contribution is 7.80. The van der Waals surface area contributed by atoms with E-state index in [0.29, 0.717) is 10.7 Å². The van der Waals surface area contributed by atoms with Gasteiger partial charge in [0.1, 0.15) is 0 Å². The molecule has 0 amide bonds. The number of hydrogen-bond donors (Lipinski definition) is 3. The van der Waals surface area contributed by atoms with Crippen LogP contribution in [0.3, 0.4) is 0 Å². The van der Waals surface area contributed by atoms with E-state index in [0.717, 1.165) is 5.56 Å². The minimum atomic E-state index is -0.629. The van der Waals surface area contributed by atoms with Crippen molar-refractivity contribution in [2.24, 2.45) is 15.9 Å². The molecule has 0 spiro atoms. The molecule has 0 saturated heterocycles. The summed E-state index contributed by atoms with van der Waals surface area (Å²) in [6.07, 6.45) is 0. The van der Waals surface area contributed by atoms with Gasteiger partial charge in [0.25, 0.3) is 0 Å². The molecule has 1 aromatic rings. The number of hydrazone groups is 2. The first kappa shape index (κ1) is 18.9. The number of hydrogen-bond acceptors (Lipinski definition) is 6. The number of aryl methyl sites for hydroxylation is 1. The highest BCUT2D eigenvalue weighted by Crippen LogP contribution is 2.25. The molecule has 1 aromatic carbocycles.